The number of hydrogen-bond donors (Lipinski definition) is 0. The summed E-state index contributed by atoms with van der Waals surface area (Å²) >= 11 is 0. The molecule has 2 unspecified atom stereocenters. The number of likely N-dealkylation sites (N-methyl/N-ethyl adjacent to an activating group) is 1. The van der Waals surface area contributed by atoms with Crippen molar-refractivity contribution < 1.29 is 18.0 Å². The Morgan fingerprint density at radius 1 is 1.30 bits per heavy atom. The number of hydrogen-bond acceptors (Lipinski definition) is 3. The molecule has 0 bridgehead atoms. The Morgan fingerprint density at radius 3 is 2.45 bits per heavy atom. The Bertz CT molecular complexity index is 477. The van der Waals surface area contributed by atoms with Gasteiger partial charge in [0.15, 0.2) is 0 Å². The maximum Gasteiger partial charge on any atom is 0.405 e. The molecule has 1 saturated heterocycles. The van der Waals surface area contributed by atoms with Gasteiger partial charge in [0, 0.05) is 37.1 Å². The molecule has 1 aliphatic rings. The van der Waals surface area contributed by atoms with Crippen LogP contribution in [0.3, 0.4) is 0 Å². The van der Waals surface area contributed by atoms with E-state index in [9.17, 15) is 18.0 Å². The van der Waals surface area contributed by atoms with Crippen LogP contribution in [0.2, 0.25) is 0 Å². The molecule has 2 atom stereocenters. The van der Waals surface area contributed by atoms with E-state index < -0.39 is 12.2 Å². The quantitative estimate of drug-likeness (QED) is 0.790. The van der Waals surface area contributed by atoms with Crippen LogP contribution in [0, 0.1) is 0 Å². The van der Waals surface area contributed by atoms with E-state index >= 15 is 0 Å². The van der Waals surface area contributed by atoms with Crippen molar-refractivity contribution in [3.63, 3.8) is 0 Å². The molecule has 1 amide bonds. The van der Waals surface area contributed by atoms with Crippen LogP contribution >= 0.6 is 0 Å². The van der Waals surface area contributed by atoms with Crippen LogP contribution < -0.4 is 0 Å². The molecule has 1 aromatic heterocycles. The first kappa shape index (κ1) is 14.8. The van der Waals surface area contributed by atoms with Gasteiger partial charge >= 0.3 is 6.18 Å². The summed E-state index contributed by atoms with van der Waals surface area (Å²) in [6.07, 6.45) is -1.44. The molecule has 0 radical (unpaired) electrons. The lowest BCUT2D eigenvalue weighted by Gasteiger charge is -2.44. The summed E-state index contributed by atoms with van der Waals surface area (Å²) in [4.78, 5) is 18.6. The van der Waals surface area contributed by atoms with Crippen LogP contribution in [0.15, 0.2) is 24.5 Å². The van der Waals surface area contributed by atoms with E-state index in [1.165, 1.54) is 41.4 Å². The smallest absolute Gasteiger partial charge is 0.335 e. The predicted molar refractivity (Wildman–Crippen MR) is 67.2 cm³/mol. The van der Waals surface area contributed by atoms with Crippen molar-refractivity contribution in [2.45, 2.75) is 25.2 Å². The first-order chi connectivity index (χ1) is 9.30. The highest BCUT2D eigenvalue weighted by Crippen LogP contribution is 2.29. The summed E-state index contributed by atoms with van der Waals surface area (Å²) in [6, 6.07) is 1.04. The highest BCUT2D eigenvalue weighted by molar-refractivity contribution is 5.94. The summed E-state index contributed by atoms with van der Waals surface area (Å²) < 4.78 is 39.0. The topological polar surface area (TPSA) is 36.4 Å². The molecule has 0 N–H and O–H groups in total. The van der Waals surface area contributed by atoms with Gasteiger partial charge in [-0.1, -0.05) is 0 Å². The Balaban J connectivity index is 2.19. The van der Waals surface area contributed by atoms with Crippen LogP contribution in [0.1, 0.15) is 17.3 Å². The van der Waals surface area contributed by atoms with Gasteiger partial charge < -0.3 is 4.90 Å². The van der Waals surface area contributed by atoms with E-state index in [2.05, 4.69) is 4.98 Å². The maximum absolute atomic E-state index is 13.0. The first-order valence-electron chi connectivity index (χ1n) is 6.28. The minimum atomic E-state index is -4.35. The van der Waals surface area contributed by atoms with Gasteiger partial charge in [0.1, 0.15) is 6.04 Å². The van der Waals surface area contributed by atoms with Gasteiger partial charge in [-0.15, -0.1) is 0 Å². The van der Waals surface area contributed by atoms with Crippen molar-refractivity contribution >= 4 is 5.91 Å². The van der Waals surface area contributed by atoms with Crippen LogP contribution in [0.25, 0.3) is 0 Å². The maximum atomic E-state index is 13.0. The van der Waals surface area contributed by atoms with E-state index in [1.807, 2.05) is 0 Å². The zero-order valence-electron chi connectivity index (χ0n) is 11.3. The minimum Gasteiger partial charge on any atom is -0.335 e. The summed E-state index contributed by atoms with van der Waals surface area (Å²) in [7, 11) is 1.44. The molecule has 2 rings (SSSR count). The fourth-order valence-electron chi connectivity index (χ4n) is 2.34. The summed E-state index contributed by atoms with van der Waals surface area (Å²) in [5.74, 6) is -0.387. The molecular weight excluding hydrogens is 271 g/mol. The number of halogens is 3. The zero-order chi connectivity index (χ0) is 14.9. The van der Waals surface area contributed by atoms with Crippen molar-refractivity contribution in [1.82, 2.24) is 14.8 Å². The molecule has 0 aromatic carbocycles. The molecule has 20 heavy (non-hydrogen) atoms. The Kier molecular flexibility index (Phi) is 3.99. The predicted octanol–water partition coefficient (Wildman–Crippen LogP) is 1.79. The first-order valence-corrected chi connectivity index (χ1v) is 6.28. The second kappa shape index (κ2) is 5.40. The number of alkyl halides is 3. The fraction of sp³-hybridized carbons (Fsp3) is 0.538. The lowest BCUT2D eigenvalue weighted by molar-refractivity contribution is -0.197. The molecule has 0 saturated carbocycles. The van der Waals surface area contributed by atoms with Crippen LogP contribution in [0.5, 0.6) is 0 Å². The third kappa shape index (κ3) is 2.92. The molecule has 2 heterocycles. The van der Waals surface area contributed by atoms with E-state index in [4.69, 9.17) is 0 Å². The van der Waals surface area contributed by atoms with Crippen molar-refractivity contribution in [2.24, 2.45) is 0 Å². The van der Waals surface area contributed by atoms with Crippen molar-refractivity contribution in [3.05, 3.63) is 30.1 Å². The number of rotatable bonds is 1. The molecule has 110 valence electrons. The molecule has 0 spiro atoms. The Hall–Kier alpha value is -1.63. The minimum absolute atomic E-state index is 0.282. The lowest BCUT2D eigenvalue weighted by Crippen LogP contribution is -2.62. The van der Waals surface area contributed by atoms with Gasteiger partial charge in [0.2, 0.25) is 0 Å². The normalized spacial score (nSPS) is 24.8. The van der Waals surface area contributed by atoms with Gasteiger partial charge in [-0.05, 0) is 26.1 Å². The van der Waals surface area contributed by atoms with Crippen LogP contribution in [-0.2, 0) is 0 Å². The molecule has 7 heteroatoms. The standard InChI is InChI=1S/C13H16F3N3O/c1-9-7-19(8-11(18(9)2)13(14,15)16)12(20)10-3-5-17-6-4-10/h3-6,9,11H,7-8H2,1-2H3. The largest absolute Gasteiger partial charge is 0.405 e. The van der Waals surface area contributed by atoms with Crippen LogP contribution in [0.4, 0.5) is 13.2 Å². The van der Waals surface area contributed by atoms with Gasteiger partial charge in [0.25, 0.3) is 5.91 Å². The van der Waals surface area contributed by atoms with E-state index in [0.717, 1.165) is 0 Å². The molecule has 1 fully saturated rings. The number of piperazine rings is 1. The van der Waals surface area contributed by atoms with E-state index in [1.54, 1.807) is 6.92 Å². The number of aromatic nitrogens is 1. The third-order valence-corrected chi connectivity index (χ3v) is 3.66. The number of amides is 1. The molecular formula is C13H16F3N3O. The zero-order valence-corrected chi connectivity index (χ0v) is 11.3. The molecule has 4 nitrogen and oxygen atoms in total. The monoisotopic (exact) mass is 287 g/mol. The summed E-state index contributed by atoms with van der Waals surface area (Å²) in [6.45, 7) is 1.63. The van der Waals surface area contributed by atoms with Crippen molar-refractivity contribution in [2.75, 3.05) is 20.1 Å². The molecule has 1 aromatic rings. The van der Waals surface area contributed by atoms with Crippen molar-refractivity contribution in [1.29, 1.82) is 0 Å². The lowest BCUT2D eigenvalue weighted by atomic mass is 10.1. The SMILES string of the molecule is CC1CN(C(=O)c2ccncc2)CC(C(F)(F)F)N1C. The average molecular weight is 287 g/mol. The fourth-order valence-corrected chi connectivity index (χ4v) is 2.34. The van der Waals surface area contributed by atoms with Crippen molar-refractivity contribution in [3.8, 4) is 0 Å². The third-order valence-electron chi connectivity index (χ3n) is 3.66. The molecule has 0 aliphatic carbocycles. The number of carbonyl (C=O) groups excluding carboxylic acids is 1. The summed E-state index contributed by atoms with van der Waals surface area (Å²) in [5.41, 5.74) is 0.359. The second-order valence-corrected chi connectivity index (χ2v) is 5.02. The summed E-state index contributed by atoms with van der Waals surface area (Å²) in [5, 5.41) is 0. The number of nitrogens with zero attached hydrogens (tertiary/aromatic N) is 3. The Morgan fingerprint density at radius 2 is 1.90 bits per heavy atom. The van der Waals surface area contributed by atoms with Gasteiger partial charge in [-0.25, -0.2) is 0 Å². The van der Waals surface area contributed by atoms with Gasteiger partial charge in [-0.3, -0.25) is 14.7 Å². The number of carbonyl (C=O) groups is 1. The van der Waals surface area contributed by atoms with Gasteiger partial charge in [0.05, 0.1) is 0 Å². The van der Waals surface area contributed by atoms with E-state index in [0.29, 0.717) is 5.56 Å². The number of pyridine rings is 1. The van der Waals surface area contributed by atoms with Gasteiger partial charge in [-0.2, -0.15) is 13.2 Å². The van der Waals surface area contributed by atoms with Crippen LogP contribution in [-0.4, -0.2) is 59.1 Å². The average Bonchev–Trinajstić information content (AvgIpc) is 2.40. The highest BCUT2D eigenvalue weighted by Gasteiger charge is 2.47. The Labute approximate surface area is 115 Å². The molecule has 1 aliphatic heterocycles. The second-order valence-electron chi connectivity index (χ2n) is 5.02. The highest BCUT2D eigenvalue weighted by atomic mass is 19.4. The van der Waals surface area contributed by atoms with E-state index in [-0.39, 0.29) is 25.0 Å².